The molecule has 0 unspecified atom stereocenters. The van der Waals surface area contributed by atoms with Crippen molar-refractivity contribution in [3.8, 4) is 0 Å². The number of nitrogens with one attached hydrogen (secondary N) is 2. The second-order valence-electron chi connectivity index (χ2n) is 7.80. The van der Waals surface area contributed by atoms with E-state index in [9.17, 15) is 16.8 Å². The molecule has 3 aromatic rings. The summed E-state index contributed by atoms with van der Waals surface area (Å²) in [7, 11) is -7.05. The normalized spacial score (nSPS) is 14.4. The van der Waals surface area contributed by atoms with Gasteiger partial charge in [-0.15, -0.1) is 0 Å². The molecule has 9 heteroatoms. The minimum atomic E-state index is -3.69. The predicted octanol–water partition coefficient (Wildman–Crippen LogP) is 2.63. The van der Waals surface area contributed by atoms with Gasteiger partial charge < -0.3 is 4.98 Å². The highest BCUT2D eigenvalue weighted by atomic mass is 32.2. The molecule has 0 saturated carbocycles. The summed E-state index contributed by atoms with van der Waals surface area (Å²) < 4.78 is 53.3. The van der Waals surface area contributed by atoms with E-state index in [2.05, 4.69) is 15.8 Å². The number of hydrogen-bond acceptors (Lipinski definition) is 4. The van der Waals surface area contributed by atoms with Crippen LogP contribution in [-0.4, -0.2) is 41.2 Å². The number of nitrogens with zero attached hydrogens (tertiary/aromatic N) is 1. The van der Waals surface area contributed by atoms with Crippen LogP contribution < -0.4 is 9.03 Å². The van der Waals surface area contributed by atoms with Crippen molar-refractivity contribution in [2.45, 2.75) is 31.6 Å². The Morgan fingerprint density at radius 3 is 2.57 bits per heavy atom. The first-order valence-electron chi connectivity index (χ1n) is 9.74. The Morgan fingerprint density at radius 1 is 1.07 bits per heavy atom. The number of H-pyrrole nitrogens is 1. The van der Waals surface area contributed by atoms with Crippen LogP contribution in [0.15, 0.2) is 41.3 Å². The molecule has 2 heterocycles. The Morgan fingerprint density at radius 2 is 1.83 bits per heavy atom. The zero-order chi connectivity index (χ0) is 21.7. The van der Waals surface area contributed by atoms with Crippen molar-refractivity contribution in [2.24, 2.45) is 0 Å². The van der Waals surface area contributed by atoms with Gasteiger partial charge in [0, 0.05) is 29.7 Å². The Kier molecular flexibility index (Phi) is 5.16. The van der Waals surface area contributed by atoms with Gasteiger partial charge in [-0.25, -0.2) is 21.6 Å². The smallest absolute Gasteiger partial charge is 0.240 e. The summed E-state index contributed by atoms with van der Waals surface area (Å²) in [6.45, 7) is 4.64. The first kappa shape index (κ1) is 20.9. The number of sulfonamides is 2. The molecule has 0 radical (unpaired) electrons. The molecule has 1 aliphatic heterocycles. The quantitative estimate of drug-likeness (QED) is 0.607. The second-order valence-corrected chi connectivity index (χ2v) is 11.5. The van der Waals surface area contributed by atoms with Crippen LogP contribution in [0, 0.1) is 13.8 Å². The van der Waals surface area contributed by atoms with Crippen LogP contribution in [0.3, 0.4) is 0 Å². The fourth-order valence-electron chi connectivity index (χ4n) is 4.07. The second kappa shape index (κ2) is 7.40. The molecule has 0 bridgehead atoms. The summed E-state index contributed by atoms with van der Waals surface area (Å²) in [5.74, 6) is 0. The molecule has 0 spiro atoms. The molecule has 1 aliphatic rings. The lowest BCUT2D eigenvalue weighted by molar-refractivity contribution is 0.581. The molecule has 2 aromatic carbocycles. The molecule has 2 N–H and O–H groups in total. The van der Waals surface area contributed by atoms with E-state index in [0.717, 1.165) is 39.5 Å². The number of anilines is 1. The van der Waals surface area contributed by atoms with E-state index in [4.69, 9.17) is 0 Å². The van der Waals surface area contributed by atoms with Crippen LogP contribution in [0.4, 0.5) is 5.69 Å². The average molecular weight is 448 g/mol. The van der Waals surface area contributed by atoms with Crippen LogP contribution in [0.2, 0.25) is 0 Å². The maximum absolute atomic E-state index is 12.8. The van der Waals surface area contributed by atoms with Gasteiger partial charge in [-0.3, -0.25) is 4.31 Å². The van der Waals surface area contributed by atoms with Gasteiger partial charge in [0.2, 0.25) is 20.0 Å². The van der Waals surface area contributed by atoms with Crippen molar-refractivity contribution in [1.29, 1.82) is 0 Å². The maximum Gasteiger partial charge on any atom is 0.240 e. The molecule has 0 saturated heterocycles. The molecule has 0 fully saturated rings. The Balaban J connectivity index is 1.51. The summed E-state index contributed by atoms with van der Waals surface area (Å²) in [6.07, 6.45) is 2.23. The van der Waals surface area contributed by atoms with Gasteiger partial charge in [-0.05, 0) is 68.1 Å². The summed E-state index contributed by atoms with van der Waals surface area (Å²) in [5.41, 5.74) is 5.63. The predicted molar refractivity (Wildman–Crippen MR) is 119 cm³/mol. The first-order valence-corrected chi connectivity index (χ1v) is 13.1. The highest BCUT2D eigenvalue weighted by Crippen LogP contribution is 2.32. The van der Waals surface area contributed by atoms with Crippen molar-refractivity contribution in [2.75, 3.05) is 23.7 Å². The lowest BCUT2D eigenvalue weighted by Crippen LogP contribution is -2.27. The van der Waals surface area contributed by atoms with Gasteiger partial charge in [0.15, 0.2) is 0 Å². The van der Waals surface area contributed by atoms with Gasteiger partial charge >= 0.3 is 0 Å². The average Bonchev–Trinajstić information content (AvgIpc) is 3.22. The van der Waals surface area contributed by atoms with Gasteiger partial charge in [-0.1, -0.05) is 11.6 Å². The minimum absolute atomic E-state index is 0.156. The fourth-order valence-corrected chi connectivity index (χ4v) is 6.11. The molecule has 0 amide bonds. The van der Waals surface area contributed by atoms with Crippen LogP contribution in [-0.2, 0) is 32.9 Å². The van der Waals surface area contributed by atoms with E-state index in [-0.39, 0.29) is 11.4 Å². The largest absolute Gasteiger partial charge is 0.358 e. The minimum Gasteiger partial charge on any atom is -0.358 e. The van der Waals surface area contributed by atoms with Crippen LogP contribution in [0.1, 0.15) is 22.4 Å². The topological polar surface area (TPSA) is 99.3 Å². The highest BCUT2D eigenvalue weighted by Gasteiger charge is 2.27. The van der Waals surface area contributed by atoms with Crippen LogP contribution in [0.5, 0.6) is 0 Å². The molecule has 30 heavy (non-hydrogen) atoms. The molecule has 7 nitrogen and oxygen atoms in total. The number of fused-ring (bicyclic) bond motifs is 2. The van der Waals surface area contributed by atoms with Crippen molar-refractivity contribution >= 4 is 36.6 Å². The molecule has 1 aromatic heterocycles. The number of benzene rings is 2. The molecular formula is C21H25N3O4S2. The van der Waals surface area contributed by atoms with Gasteiger partial charge in [0.1, 0.15) is 0 Å². The van der Waals surface area contributed by atoms with Crippen molar-refractivity contribution in [3.05, 3.63) is 58.8 Å². The van der Waals surface area contributed by atoms with E-state index in [1.165, 1.54) is 10.4 Å². The summed E-state index contributed by atoms with van der Waals surface area (Å²) in [5, 5.41) is 1.12. The van der Waals surface area contributed by atoms with Crippen LogP contribution >= 0.6 is 0 Å². The van der Waals surface area contributed by atoms with E-state index in [0.29, 0.717) is 25.1 Å². The van der Waals surface area contributed by atoms with Gasteiger partial charge in [-0.2, -0.15) is 0 Å². The number of hydrogen-bond donors (Lipinski definition) is 2. The number of rotatable bonds is 6. The summed E-state index contributed by atoms with van der Waals surface area (Å²) in [4.78, 5) is 3.50. The van der Waals surface area contributed by atoms with Gasteiger partial charge in [0.25, 0.3) is 0 Å². The lowest BCUT2D eigenvalue weighted by atomic mass is 10.1. The zero-order valence-corrected chi connectivity index (χ0v) is 18.8. The van der Waals surface area contributed by atoms with Gasteiger partial charge in [0.05, 0.1) is 16.8 Å². The monoisotopic (exact) mass is 447 g/mol. The molecular weight excluding hydrogens is 422 g/mol. The fraction of sp³-hybridized carbons (Fsp3) is 0.333. The zero-order valence-electron chi connectivity index (χ0n) is 17.2. The van der Waals surface area contributed by atoms with Crippen molar-refractivity contribution in [3.63, 3.8) is 0 Å². The molecule has 0 aliphatic carbocycles. The highest BCUT2D eigenvalue weighted by molar-refractivity contribution is 7.92. The number of aromatic amines is 1. The third-order valence-electron chi connectivity index (χ3n) is 5.56. The number of aryl methyl sites for hydroxylation is 2. The van der Waals surface area contributed by atoms with Crippen LogP contribution in [0.25, 0.3) is 10.9 Å². The van der Waals surface area contributed by atoms with E-state index in [1.54, 1.807) is 12.1 Å². The standard InChI is InChI=1S/C21H25N3O4S2/c1-14-4-6-20-19(12-14)18(15(2)23-20)8-10-22-30(27,28)17-5-7-21-16(13-17)9-11-24(21)29(3,25)26/h4-7,12-13,22-23H,8-11H2,1-3H3. The summed E-state index contributed by atoms with van der Waals surface area (Å²) in [6, 6.07) is 10.8. The maximum atomic E-state index is 12.8. The Bertz CT molecular complexity index is 1340. The lowest BCUT2D eigenvalue weighted by Gasteiger charge is -2.16. The SMILES string of the molecule is Cc1ccc2[nH]c(C)c(CCNS(=O)(=O)c3ccc4c(c3)CCN4S(C)(=O)=O)c2c1. The van der Waals surface area contributed by atoms with Crippen molar-refractivity contribution < 1.29 is 16.8 Å². The van der Waals surface area contributed by atoms with E-state index < -0.39 is 20.0 Å². The summed E-state index contributed by atoms with van der Waals surface area (Å²) >= 11 is 0. The molecule has 160 valence electrons. The van der Waals surface area contributed by atoms with E-state index >= 15 is 0 Å². The van der Waals surface area contributed by atoms with E-state index in [1.807, 2.05) is 26.0 Å². The van der Waals surface area contributed by atoms with Crippen molar-refractivity contribution in [1.82, 2.24) is 9.71 Å². The molecule has 0 atom stereocenters. The molecule has 4 rings (SSSR count). The first-order chi connectivity index (χ1) is 14.1. The third kappa shape index (κ3) is 3.84. The Hall–Kier alpha value is -2.36. The third-order valence-corrected chi connectivity index (χ3v) is 8.20. The Labute approximate surface area is 177 Å². The number of aromatic nitrogens is 1.